The van der Waals surface area contributed by atoms with E-state index in [1.54, 1.807) is 6.92 Å². The van der Waals surface area contributed by atoms with Crippen LogP contribution in [0.3, 0.4) is 0 Å². The third kappa shape index (κ3) is 3.91. The fourth-order valence-corrected chi connectivity index (χ4v) is 2.22. The number of anilines is 2. The third-order valence-electron chi connectivity index (χ3n) is 3.56. The van der Waals surface area contributed by atoms with Gasteiger partial charge in [0, 0.05) is 18.8 Å². The van der Waals surface area contributed by atoms with Crippen LogP contribution in [-0.2, 0) is 4.79 Å². The molecule has 0 atom stereocenters. The molecule has 0 saturated carbocycles. The van der Waals surface area contributed by atoms with Crippen molar-refractivity contribution in [3.63, 3.8) is 0 Å². The molecule has 1 aromatic carbocycles. The molecule has 0 aromatic heterocycles. The molecule has 1 aromatic rings. The molecule has 1 aliphatic rings. The molecule has 1 fully saturated rings. The number of nitrogens with one attached hydrogen (secondary N) is 1. The lowest BCUT2D eigenvalue weighted by atomic mass is 9.94. The smallest absolute Gasteiger partial charge is 0.238 e. The number of likely N-dealkylation sites (tertiary alicyclic amines) is 1. The highest BCUT2D eigenvalue weighted by atomic mass is 19.1. The first-order valence-electron chi connectivity index (χ1n) is 6.65. The lowest BCUT2D eigenvalue weighted by Gasteiger charge is -2.35. The van der Waals surface area contributed by atoms with Crippen LogP contribution in [0.25, 0.3) is 0 Å². The van der Waals surface area contributed by atoms with Crippen molar-refractivity contribution in [3.8, 4) is 0 Å². The van der Waals surface area contributed by atoms with E-state index < -0.39 is 11.4 Å². The van der Waals surface area contributed by atoms with Crippen LogP contribution in [0.1, 0.15) is 19.8 Å². The number of aliphatic hydroxyl groups is 1. The van der Waals surface area contributed by atoms with E-state index in [1.807, 2.05) is 4.90 Å². The minimum atomic E-state index is -0.646. The number of hydrogen-bond donors (Lipinski definition) is 3. The Morgan fingerprint density at radius 2 is 2.15 bits per heavy atom. The highest BCUT2D eigenvalue weighted by molar-refractivity contribution is 5.92. The summed E-state index contributed by atoms with van der Waals surface area (Å²) in [4.78, 5) is 13.8. The average molecular weight is 281 g/mol. The summed E-state index contributed by atoms with van der Waals surface area (Å²) in [7, 11) is 0. The van der Waals surface area contributed by atoms with E-state index in [9.17, 15) is 14.3 Å². The van der Waals surface area contributed by atoms with Crippen molar-refractivity contribution in [3.05, 3.63) is 24.0 Å². The summed E-state index contributed by atoms with van der Waals surface area (Å²) in [5.74, 6) is -0.787. The van der Waals surface area contributed by atoms with Crippen molar-refractivity contribution in [2.75, 3.05) is 30.7 Å². The van der Waals surface area contributed by atoms with Crippen LogP contribution in [0.15, 0.2) is 18.2 Å². The molecule has 2 rings (SSSR count). The zero-order valence-corrected chi connectivity index (χ0v) is 11.5. The Balaban J connectivity index is 1.88. The standard InChI is InChI=1S/C14H20FN3O2/c1-14(20)4-6-18(7-5-14)9-13(19)17-12-8-10(16)2-3-11(12)15/h2-3,8,20H,4-7,9,16H2,1H3,(H,17,19). The summed E-state index contributed by atoms with van der Waals surface area (Å²) in [5, 5.41) is 12.4. The molecule has 20 heavy (non-hydrogen) atoms. The second-order valence-electron chi connectivity index (χ2n) is 5.56. The van der Waals surface area contributed by atoms with Gasteiger partial charge in [0.25, 0.3) is 0 Å². The van der Waals surface area contributed by atoms with Gasteiger partial charge in [-0.2, -0.15) is 0 Å². The van der Waals surface area contributed by atoms with Crippen molar-refractivity contribution in [1.29, 1.82) is 0 Å². The van der Waals surface area contributed by atoms with Gasteiger partial charge in [0.2, 0.25) is 5.91 Å². The Morgan fingerprint density at radius 3 is 2.80 bits per heavy atom. The normalized spacial score (nSPS) is 18.8. The molecule has 0 aliphatic carbocycles. The predicted molar refractivity (Wildman–Crippen MR) is 75.7 cm³/mol. The van der Waals surface area contributed by atoms with Crippen molar-refractivity contribution in [1.82, 2.24) is 4.90 Å². The number of piperidine rings is 1. The maximum Gasteiger partial charge on any atom is 0.238 e. The van der Waals surface area contributed by atoms with Crippen LogP contribution in [0, 0.1) is 5.82 Å². The number of carbonyl (C=O) groups is 1. The number of hydrogen-bond acceptors (Lipinski definition) is 4. The SMILES string of the molecule is CC1(O)CCN(CC(=O)Nc2cc(N)ccc2F)CC1. The molecular formula is C14H20FN3O2. The fraction of sp³-hybridized carbons (Fsp3) is 0.500. The van der Waals surface area contributed by atoms with Gasteiger partial charge in [-0.05, 0) is 38.0 Å². The van der Waals surface area contributed by atoms with Gasteiger partial charge < -0.3 is 16.2 Å². The summed E-state index contributed by atoms with van der Waals surface area (Å²) >= 11 is 0. The molecule has 1 aliphatic heterocycles. The van der Waals surface area contributed by atoms with Crippen molar-refractivity contribution in [2.24, 2.45) is 0 Å². The molecule has 110 valence electrons. The topological polar surface area (TPSA) is 78.6 Å². The summed E-state index contributed by atoms with van der Waals surface area (Å²) < 4.78 is 13.5. The van der Waals surface area contributed by atoms with Crippen LogP contribution < -0.4 is 11.1 Å². The van der Waals surface area contributed by atoms with E-state index in [0.717, 1.165) is 0 Å². The van der Waals surface area contributed by atoms with Gasteiger partial charge in [-0.3, -0.25) is 9.69 Å². The number of rotatable bonds is 3. The average Bonchev–Trinajstić information content (AvgIpc) is 2.36. The van der Waals surface area contributed by atoms with Crippen molar-refractivity contribution < 1.29 is 14.3 Å². The van der Waals surface area contributed by atoms with Gasteiger partial charge in [0.15, 0.2) is 0 Å². The molecule has 6 heteroatoms. The summed E-state index contributed by atoms with van der Waals surface area (Å²) in [5.41, 5.74) is 5.41. The molecule has 0 spiro atoms. The number of nitrogens with zero attached hydrogens (tertiary/aromatic N) is 1. The van der Waals surface area contributed by atoms with Gasteiger partial charge >= 0.3 is 0 Å². The van der Waals surface area contributed by atoms with Crippen LogP contribution in [0.5, 0.6) is 0 Å². The maximum atomic E-state index is 13.5. The predicted octanol–water partition coefficient (Wildman–Crippen LogP) is 1.19. The largest absolute Gasteiger partial charge is 0.399 e. The van der Waals surface area contributed by atoms with E-state index in [2.05, 4.69) is 5.32 Å². The number of carbonyl (C=O) groups excluding carboxylic acids is 1. The Labute approximate surface area is 117 Å². The van der Waals surface area contributed by atoms with Gasteiger partial charge in [-0.25, -0.2) is 4.39 Å². The Hall–Kier alpha value is -1.66. The quantitative estimate of drug-likeness (QED) is 0.727. The summed E-state index contributed by atoms with van der Waals surface area (Å²) in [6.45, 7) is 3.29. The van der Waals surface area contributed by atoms with Crippen LogP contribution >= 0.6 is 0 Å². The minimum absolute atomic E-state index is 0.0963. The van der Waals surface area contributed by atoms with E-state index in [-0.39, 0.29) is 18.1 Å². The van der Waals surface area contributed by atoms with Crippen molar-refractivity contribution >= 4 is 17.3 Å². The van der Waals surface area contributed by atoms with E-state index >= 15 is 0 Å². The fourth-order valence-electron chi connectivity index (χ4n) is 2.22. The molecule has 4 N–H and O–H groups in total. The number of nitrogens with two attached hydrogens (primary N) is 1. The number of nitrogen functional groups attached to an aromatic ring is 1. The first-order valence-corrected chi connectivity index (χ1v) is 6.65. The van der Waals surface area contributed by atoms with Gasteiger partial charge in [-0.15, -0.1) is 0 Å². The Bertz CT molecular complexity index is 495. The lowest BCUT2D eigenvalue weighted by molar-refractivity contribution is -0.118. The van der Waals surface area contributed by atoms with E-state index in [1.165, 1.54) is 18.2 Å². The Morgan fingerprint density at radius 1 is 1.50 bits per heavy atom. The molecule has 0 radical (unpaired) electrons. The second-order valence-corrected chi connectivity index (χ2v) is 5.56. The molecule has 5 nitrogen and oxygen atoms in total. The maximum absolute atomic E-state index is 13.5. The van der Waals surface area contributed by atoms with Crippen LogP contribution in [0.4, 0.5) is 15.8 Å². The number of benzene rings is 1. The highest BCUT2D eigenvalue weighted by Gasteiger charge is 2.28. The summed E-state index contributed by atoms with van der Waals surface area (Å²) in [6.07, 6.45) is 1.26. The minimum Gasteiger partial charge on any atom is -0.399 e. The van der Waals surface area contributed by atoms with Gasteiger partial charge in [-0.1, -0.05) is 0 Å². The third-order valence-corrected chi connectivity index (χ3v) is 3.56. The summed E-state index contributed by atoms with van der Waals surface area (Å²) in [6, 6.07) is 4.06. The van der Waals surface area contributed by atoms with Crippen LogP contribution in [-0.4, -0.2) is 41.1 Å². The van der Waals surface area contributed by atoms with E-state index in [0.29, 0.717) is 31.6 Å². The molecular weight excluding hydrogens is 261 g/mol. The number of amides is 1. The molecule has 1 saturated heterocycles. The molecule has 1 heterocycles. The number of halogens is 1. The first kappa shape index (κ1) is 14.7. The lowest BCUT2D eigenvalue weighted by Crippen LogP contribution is -2.45. The van der Waals surface area contributed by atoms with Crippen molar-refractivity contribution in [2.45, 2.75) is 25.4 Å². The van der Waals surface area contributed by atoms with Crippen LogP contribution in [0.2, 0.25) is 0 Å². The van der Waals surface area contributed by atoms with Gasteiger partial charge in [0.1, 0.15) is 5.82 Å². The van der Waals surface area contributed by atoms with E-state index in [4.69, 9.17) is 5.73 Å². The van der Waals surface area contributed by atoms with Gasteiger partial charge in [0.05, 0.1) is 17.8 Å². The molecule has 1 amide bonds. The second kappa shape index (κ2) is 5.76. The first-order chi connectivity index (χ1) is 9.35. The molecule has 0 bridgehead atoms. The molecule has 0 unspecified atom stereocenters. The zero-order chi connectivity index (χ0) is 14.8. The highest BCUT2D eigenvalue weighted by Crippen LogP contribution is 2.21. The Kier molecular flexibility index (Phi) is 4.25. The zero-order valence-electron chi connectivity index (χ0n) is 11.5. The monoisotopic (exact) mass is 281 g/mol.